The molecule has 0 bridgehead atoms. The number of ether oxygens (including phenoxy) is 2. The highest BCUT2D eigenvalue weighted by molar-refractivity contribution is 6.16. The third-order valence-corrected chi connectivity index (χ3v) is 5.86. The second kappa shape index (κ2) is 11.3. The molecular weight excluding hydrogens is 479 g/mol. The van der Waals surface area contributed by atoms with E-state index < -0.39 is 0 Å². The molecule has 1 heterocycles. The Morgan fingerprint density at radius 2 is 1.76 bits per heavy atom. The lowest BCUT2D eigenvalue weighted by Crippen LogP contribution is -2.07. The number of benzene rings is 3. The maximum absolute atomic E-state index is 13.4. The van der Waals surface area contributed by atoms with Gasteiger partial charge in [0.05, 0.1) is 18.5 Å². The van der Waals surface area contributed by atoms with Crippen LogP contribution in [0.25, 0.3) is 11.3 Å². The summed E-state index contributed by atoms with van der Waals surface area (Å²) in [5, 5.41) is 11.7. The molecule has 7 heteroatoms. The third kappa shape index (κ3) is 5.84. The molecule has 1 aliphatic carbocycles. The summed E-state index contributed by atoms with van der Waals surface area (Å²) in [4.78, 5) is 9.04. The van der Waals surface area contributed by atoms with Crippen molar-refractivity contribution < 1.29 is 13.9 Å². The molecule has 6 nitrogen and oxygen atoms in total. The average Bonchev–Trinajstić information content (AvgIpc) is 2.95. The van der Waals surface area contributed by atoms with Gasteiger partial charge in [-0.3, -0.25) is 0 Å². The molecule has 0 atom stereocenters. The van der Waals surface area contributed by atoms with Crippen LogP contribution in [0.1, 0.15) is 16.8 Å². The van der Waals surface area contributed by atoms with E-state index in [1.54, 1.807) is 30.5 Å². The maximum Gasteiger partial charge on any atom is 0.227 e. The summed E-state index contributed by atoms with van der Waals surface area (Å²) < 4.78 is 25.0. The van der Waals surface area contributed by atoms with Gasteiger partial charge in [-0.25, -0.2) is 14.4 Å². The molecule has 0 amide bonds. The highest BCUT2D eigenvalue weighted by Gasteiger charge is 2.17. The summed E-state index contributed by atoms with van der Waals surface area (Å²) in [5.74, 6) is 1.30. The molecule has 0 aliphatic heterocycles. The van der Waals surface area contributed by atoms with E-state index in [-0.39, 0.29) is 11.5 Å². The number of nitrogens with one attached hydrogen (secondary N) is 2. The van der Waals surface area contributed by atoms with E-state index in [2.05, 4.69) is 15.3 Å². The van der Waals surface area contributed by atoms with Crippen LogP contribution in [0.3, 0.4) is 0 Å². The van der Waals surface area contributed by atoms with E-state index in [0.717, 1.165) is 22.6 Å². The Labute approximate surface area is 220 Å². The summed E-state index contributed by atoms with van der Waals surface area (Å²) in [6, 6.07) is 25.4. The minimum Gasteiger partial charge on any atom is -0.495 e. The van der Waals surface area contributed by atoms with Crippen molar-refractivity contribution in [2.75, 3.05) is 12.4 Å². The van der Waals surface area contributed by atoms with Gasteiger partial charge in [-0.2, -0.15) is 0 Å². The van der Waals surface area contributed by atoms with Crippen molar-refractivity contribution in [3.63, 3.8) is 0 Å². The fourth-order valence-electron chi connectivity index (χ4n) is 3.99. The predicted octanol–water partition coefficient (Wildman–Crippen LogP) is 6.97. The first-order chi connectivity index (χ1) is 18.6. The Kier molecular flexibility index (Phi) is 7.36. The van der Waals surface area contributed by atoms with Crippen molar-refractivity contribution in [2.45, 2.75) is 6.61 Å². The Balaban J connectivity index is 1.37. The smallest absolute Gasteiger partial charge is 0.227 e. The van der Waals surface area contributed by atoms with Crippen LogP contribution >= 0.6 is 0 Å². The lowest BCUT2D eigenvalue weighted by Gasteiger charge is -2.16. The second-order valence-corrected chi connectivity index (χ2v) is 8.49. The fourth-order valence-corrected chi connectivity index (χ4v) is 3.99. The standard InChI is InChI=1S/C31H25FN4O2/c1-37-30(22-10-13-24(32)14-11-22)27-18-23(12-15-28(27)33)29-16-17-34-31(36-29)35-25-8-5-9-26(19-25)38-20-21-6-3-2-4-7-21/h2-19,33H,20H2,1H3,(H,34,35,36)/b30-27-,33-28?. The van der Waals surface area contributed by atoms with Gasteiger partial charge in [0.15, 0.2) is 0 Å². The summed E-state index contributed by atoms with van der Waals surface area (Å²) >= 11 is 0. The zero-order chi connectivity index (χ0) is 26.3. The normalized spacial score (nSPS) is 14.1. The van der Waals surface area contributed by atoms with Gasteiger partial charge in [0.2, 0.25) is 5.95 Å². The van der Waals surface area contributed by atoms with Crippen LogP contribution in [-0.4, -0.2) is 22.8 Å². The molecule has 0 saturated carbocycles. The van der Waals surface area contributed by atoms with Gasteiger partial charge in [-0.05, 0) is 60.2 Å². The van der Waals surface area contributed by atoms with Crippen molar-refractivity contribution in [1.29, 1.82) is 5.41 Å². The molecule has 2 N–H and O–H groups in total. The molecule has 1 aliphatic rings. The average molecular weight is 505 g/mol. The SMILES string of the molecule is CO/C(=C1/C=C(c2ccnc(Nc3cccc(OCc4ccccc4)c3)n2)C=CC1=N)c1ccc(F)cc1. The van der Waals surface area contributed by atoms with E-state index in [4.69, 9.17) is 14.9 Å². The monoisotopic (exact) mass is 504 g/mol. The molecule has 5 rings (SSSR count). The zero-order valence-corrected chi connectivity index (χ0v) is 20.7. The minimum atomic E-state index is -0.335. The van der Waals surface area contributed by atoms with E-state index in [1.807, 2.05) is 66.7 Å². The molecule has 0 saturated heterocycles. The minimum absolute atomic E-state index is 0.287. The van der Waals surface area contributed by atoms with Gasteiger partial charge in [-0.15, -0.1) is 0 Å². The Hall–Kier alpha value is -5.04. The number of halogens is 1. The van der Waals surface area contributed by atoms with Crippen LogP contribution in [0, 0.1) is 11.2 Å². The van der Waals surface area contributed by atoms with Crippen LogP contribution in [0.4, 0.5) is 16.0 Å². The van der Waals surface area contributed by atoms with Gasteiger partial charge >= 0.3 is 0 Å². The van der Waals surface area contributed by atoms with Crippen LogP contribution in [-0.2, 0) is 11.3 Å². The number of hydrogen-bond donors (Lipinski definition) is 2. The predicted molar refractivity (Wildman–Crippen MR) is 148 cm³/mol. The third-order valence-electron chi connectivity index (χ3n) is 5.86. The van der Waals surface area contributed by atoms with E-state index in [0.29, 0.717) is 35.1 Å². The highest BCUT2D eigenvalue weighted by Crippen LogP contribution is 2.29. The highest BCUT2D eigenvalue weighted by atomic mass is 19.1. The number of hydrogen-bond acceptors (Lipinski definition) is 6. The number of nitrogens with zero attached hydrogens (tertiary/aromatic N) is 2. The number of allylic oxidation sites excluding steroid dienone is 5. The zero-order valence-electron chi connectivity index (χ0n) is 20.7. The summed E-state index contributed by atoms with van der Waals surface area (Å²) in [7, 11) is 1.54. The molecule has 0 spiro atoms. The maximum atomic E-state index is 13.4. The van der Waals surface area contributed by atoms with E-state index in [9.17, 15) is 4.39 Å². The van der Waals surface area contributed by atoms with E-state index in [1.165, 1.54) is 19.2 Å². The van der Waals surface area contributed by atoms with Crippen LogP contribution in [0.2, 0.25) is 0 Å². The van der Waals surface area contributed by atoms with Gasteiger partial charge in [0.25, 0.3) is 0 Å². The number of rotatable bonds is 8. The molecule has 0 fully saturated rings. The second-order valence-electron chi connectivity index (χ2n) is 8.49. The first-order valence-electron chi connectivity index (χ1n) is 12.0. The number of methoxy groups -OCH3 is 1. The number of aromatic nitrogens is 2. The topological polar surface area (TPSA) is 80.1 Å². The van der Waals surface area contributed by atoms with Crippen molar-refractivity contribution in [3.05, 3.63) is 138 Å². The quantitative estimate of drug-likeness (QED) is 0.253. The Morgan fingerprint density at radius 3 is 2.55 bits per heavy atom. The van der Waals surface area contributed by atoms with Crippen molar-refractivity contribution in [1.82, 2.24) is 9.97 Å². The molecule has 4 aromatic rings. The van der Waals surface area contributed by atoms with Crippen LogP contribution in [0.5, 0.6) is 5.75 Å². The fraction of sp³-hybridized carbons (Fsp3) is 0.0645. The largest absolute Gasteiger partial charge is 0.495 e. The first-order valence-corrected chi connectivity index (χ1v) is 12.0. The number of anilines is 2. The Bertz CT molecular complexity index is 1540. The van der Waals surface area contributed by atoms with Crippen molar-refractivity contribution >= 4 is 28.7 Å². The van der Waals surface area contributed by atoms with Gasteiger partial charge in [-0.1, -0.05) is 42.5 Å². The molecule has 0 unspecified atom stereocenters. The molecule has 188 valence electrons. The van der Waals surface area contributed by atoms with E-state index >= 15 is 0 Å². The van der Waals surface area contributed by atoms with Gasteiger partial charge in [0, 0.05) is 34.7 Å². The first kappa shape index (κ1) is 24.6. The molecular formula is C31H25FN4O2. The lowest BCUT2D eigenvalue weighted by atomic mass is 9.95. The molecule has 1 aromatic heterocycles. The summed E-state index contributed by atoms with van der Waals surface area (Å²) in [5.41, 5.74) is 4.89. The summed E-state index contributed by atoms with van der Waals surface area (Å²) in [6.07, 6.45) is 7.04. The lowest BCUT2D eigenvalue weighted by molar-refractivity contribution is 0.306. The molecule has 0 radical (unpaired) electrons. The van der Waals surface area contributed by atoms with Gasteiger partial charge in [0.1, 0.15) is 23.9 Å². The van der Waals surface area contributed by atoms with Crippen LogP contribution in [0.15, 0.2) is 115 Å². The van der Waals surface area contributed by atoms with Gasteiger partial charge < -0.3 is 20.2 Å². The summed E-state index contributed by atoms with van der Waals surface area (Å²) in [6.45, 7) is 0.475. The van der Waals surface area contributed by atoms with Crippen molar-refractivity contribution in [2.24, 2.45) is 0 Å². The molecule has 3 aromatic carbocycles. The van der Waals surface area contributed by atoms with Crippen LogP contribution < -0.4 is 10.1 Å². The molecule has 38 heavy (non-hydrogen) atoms. The Morgan fingerprint density at radius 1 is 0.947 bits per heavy atom. The van der Waals surface area contributed by atoms with Crippen molar-refractivity contribution in [3.8, 4) is 5.75 Å².